The normalized spacial score (nSPS) is 27.6. The number of fused-ring (bicyclic) bond motifs is 3. The van der Waals surface area contributed by atoms with Gasteiger partial charge in [0.2, 0.25) is 0 Å². The van der Waals surface area contributed by atoms with Gasteiger partial charge in [-0.2, -0.15) is 0 Å². The third-order valence-corrected chi connectivity index (χ3v) is 5.27. The maximum atomic E-state index is 2.57. The van der Waals surface area contributed by atoms with Crippen molar-refractivity contribution in [3.63, 3.8) is 0 Å². The lowest BCUT2D eigenvalue weighted by atomic mass is 9.71. The highest BCUT2D eigenvalue weighted by molar-refractivity contribution is 5.85. The molecule has 0 spiro atoms. The third kappa shape index (κ3) is 2.39. The van der Waals surface area contributed by atoms with Crippen LogP contribution in [0.4, 0.5) is 0 Å². The van der Waals surface area contributed by atoms with E-state index in [2.05, 4.69) is 66.5 Å². The van der Waals surface area contributed by atoms with E-state index in [1.165, 1.54) is 24.9 Å². The van der Waals surface area contributed by atoms with Crippen molar-refractivity contribution in [1.82, 2.24) is 4.90 Å². The molecule has 110 valence electrons. The van der Waals surface area contributed by atoms with E-state index in [0.29, 0.717) is 5.92 Å². The summed E-state index contributed by atoms with van der Waals surface area (Å²) in [5.41, 5.74) is 4.64. The molecule has 3 atom stereocenters. The highest BCUT2D eigenvalue weighted by atomic mass is 35.5. The van der Waals surface area contributed by atoms with Gasteiger partial charge in [-0.1, -0.05) is 54.6 Å². The van der Waals surface area contributed by atoms with Crippen LogP contribution in [0, 0.1) is 0 Å². The molecule has 0 amide bonds. The maximum absolute atomic E-state index is 2.57. The number of rotatable bonds is 1. The minimum Gasteiger partial charge on any atom is -0.303 e. The van der Waals surface area contributed by atoms with Gasteiger partial charge in [0.05, 0.1) is 0 Å². The van der Waals surface area contributed by atoms with Crippen LogP contribution in [-0.2, 0) is 0 Å². The zero-order valence-electron chi connectivity index (χ0n) is 12.4. The molecule has 0 radical (unpaired) electrons. The minimum atomic E-state index is 0. The van der Waals surface area contributed by atoms with Gasteiger partial charge in [0.15, 0.2) is 0 Å². The monoisotopic (exact) mass is 299 g/mol. The third-order valence-electron chi connectivity index (χ3n) is 5.27. The molecule has 1 fully saturated rings. The fourth-order valence-electron chi connectivity index (χ4n) is 4.25. The lowest BCUT2D eigenvalue weighted by Gasteiger charge is -2.37. The minimum absolute atomic E-state index is 0. The predicted octanol–water partition coefficient (Wildman–Crippen LogP) is 4.43. The second kappa shape index (κ2) is 5.82. The molecule has 2 aromatic carbocycles. The Morgan fingerprint density at radius 3 is 2.33 bits per heavy atom. The smallest absolute Gasteiger partial charge is 0.0170 e. The van der Waals surface area contributed by atoms with Crippen molar-refractivity contribution in [3.05, 3.63) is 71.3 Å². The molecule has 0 saturated carbocycles. The van der Waals surface area contributed by atoms with Crippen molar-refractivity contribution in [2.75, 3.05) is 13.6 Å². The van der Waals surface area contributed by atoms with Gasteiger partial charge in [-0.3, -0.25) is 0 Å². The Morgan fingerprint density at radius 2 is 1.57 bits per heavy atom. The first-order chi connectivity index (χ1) is 9.84. The van der Waals surface area contributed by atoms with E-state index in [1.807, 2.05) is 0 Å². The molecule has 1 saturated heterocycles. The molecule has 0 aromatic heterocycles. The fourth-order valence-corrected chi connectivity index (χ4v) is 4.25. The molecule has 0 bridgehead atoms. The average Bonchev–Trinajstić information content (AvgIpc) is 2.89. The number of hydrogen-bond acceptors (Lipinski definition) is 1. The quantitative estimate of drug-likeness (QED) is 0.753. The van der Waals surface area contributed by atoms with Crippen molar-refractivity contribution >= 4 is 12.4 Å². The van der Waals surface area contributed by atoms with Gasteiger partial charge in [-0.25, -0.2) is 0 Å². The van der Waals surface area contributed by atoms with E-state index < -0.39 is 0 Å². The van der Waals surface area contributed by atoms with Gasteiger partial charge >= 0.3 is 0 Å². The molecule has 1 nitrogen and oxygen atoms in total. The summed E-state index contributed by atoms with van der Waals surface area (Å²) in [5.74, 6) is 1.31. The molecule has 0 N–H and O–H groups in total. The van der Waals surface area contributed by atoms with Crippen molar-refractivity contribution in [2.24, 2.45) is 0 Å². The van der Waals surface area contributed by atoms with Gasteiger partial charge in [0.1, 0.15) is 0 Å². The van der Waals surface area contributed by atoms with Crippen LogP contribution in [0.1, 0.15) is 41.4 Å². The van der Waals surface area contributed by atoms with Crippen LogP contribution in [-0.4, -0.2) is 24.5 Å². The Balaban J connectivity index is 0.00000132. The summed E-state index contributed by atoms with van der Waals surface area (Å²) in [6.45, 7) is 1.24. The highest BCUT2D eigenvalue weighted by Gasteiger charge is 2.40. The van der Waals surface area contributed by atoms with E-state index in [1.54, 1.807) is 11.1 Å². The van der Waals surface area contributed by atoms with Crippen LogP contribution in [0.3, 0.4) is 0 Å². The second-order valence-electron chi connectivity index (χ2n) is 6.27. The number of hydrogen-bond donors (Lipinski definition) is 0. The molecular formula is C19H22ClN. The summed E-state index contributed by atoms with van der Waals surface area (Å²) in [7, 11) is 2.29. The topological polar surface area (TPSA) is 3.24 Å². The molecule has 2 aromatic rings. The van der Waals surface area contributed by atoms with Crippen LogP contribution >= 0.6 is 12.4 Å². The Hall–Kier alpha value is -1.31. The molecule has 1 heterocycles. The molecular weight excluding hydrogens is 278 g/mol. The van der Waals surface area contributed by atoms with E-state index in [0.717, 1.165) is 12.0 Å². The summed E-state index contributed by atoms with van der Waals surface area (Å²) in [6, 6.07) is 20.9. The predicted molar refractivity (Wildman–Crippen MR) is 90.4 cm³/mol. The number of benzene rings is 2. The summed E-state index contributed by atoms with van der Waals surface area (Å²) in [4.78, 5) is 2.57. The molecule has 4 rings (SSSR count). The largest absolute Gasteiger partial charge is 0.303 e. The van der Waals surface area contributed by atoms with Crippen molar-refractivity contribution in [2.45, 2.75) is 30.7 Å². The maximum Gasteiger partial charge on any atom is 0.0170 e. The first-order valence-electron chi connectivity index (χ1n) is 7.68. The Morgan fingerprint density at radius 1 is 0.905 bits per heavy atom. The Labute approximate surface area is 133 Å². The lowest BCUT2D eigenvalue weighted by Crippen LogP contribution is -2.34. The molecule has 2 heteroatoms. The van der Waals surface area contributed by atoms with Crippen molar-refractivity contribution in [1.29, 1.82) is 0 Å². The first kappa shape index (κ1) is 14.6. The molecule has 1 aliphatic heterocycles. The number of likely N-dealkylation sites (tertiary alicyclic amines) is 1. The number of nitrogens with zero attached hydrogens (tertiary/aromatic N) is 1. The van der Waals surface area contributed by atoms with Gasteiger partial charge in [-0.05, 0) is 43.1 Å². The van der Waals surface area contributed by atoms with Crippen LogP contribution < -0.4 is 0 Å². The molecule has 2 aliphatic rings. The lowest BCUT2D eigenvalue weighted by molar-refractivity contribution is 0.265. The molecule has 1 aliphatic carbocycles. The van der Waals surface area contributed by atoms with E-state index in [-0.39, 0.29) is 12.4 Å². The van der Waals surface area contributed by atoms with Gasteiger partial charge in [0, 0.05) is 17.9 Å². The van der Waals surface area contributed by atoms with E-state index in [4.69, 9.17) is 0 Å². The van der Waals surface area contributed by atoms with Crippen LogP contribution in [0.5, 0.6) is 0 Å². The number of halogens is 1. The van der Waals surface area contributed by atoms with Gasteiger partial charge in [-0.15, -0.1) is 12.4 Å². The van der Waals surface area contributed by atoms with Crippen molar-refractivity contribution < 1.29 is 0 Å². The Kier molecular flexibility index (Phi) is 4.05. The average molecular weight is 300 g/mol. The van der Waals surface area contributed by atoms with Crippen LogP contribution in [0.25, 0.3) is 0 Å². The zero-order chi connectivity index (χ0) is 13.5. The first-order valence-corrected chi connectivity index (χ1v) is 7.68. The van der Waals surface area contributed by atoms with Crippen LogP contribution in [0.15, 0.2) is 54.6 Å². The SMILES string of the molecule is CN1CC[C@@H]2c3ccccc3[C@H](c3ccccc3)C[C@@H]21.Cl. The van der Waals surface area contributed by atoms with E-state index >= 15 is 0 Å². The molecule has 21 heavy (non-hydrogen) atoms. The van der Waals surface area contributed by atoms with E-state index in [9.17, 15) is 0 Å². The second-order valence-corrected chi connectivity index (χ2v) is 6.27. The summed E-state index contributed by atoms with van der Waals surface area (Å²) >= 11 is 0. The van der Waals surface area contributed by atoms with Crippen molar-refractivity contribution in [3.8, 4) is 0 Å². The zero-order valence-corrected chi connectivity index (χ0v) is 13.2. The fraction of sp³-hybridized carbons (Fsp3) is 0.368. The molecule has 0 unspecified atom stereocenters. The summed E-state index contributed by atoms with van der Waals surface area (Å²) in [5, 5.41) is 0. The Bertz CT molecular complexity index is 610. The van der Waals surface area contributed by atoms with Gasteiger partial charge in [0.25, 0.3) is 0 Å². The highest BCUT2D eigenvalue weighted by Crippen LogP contribution is 2.47. The van der Waals surface area contributed by atoms with Crippen LogP contribution in [0.2, 0.25) is 0 Å². The van der Waals surface area contributed by atoms with Gasteiger partial charge < -0.3 is 4.90 Å². The summed E-state index contributed by atoms with van der Waals surface area (Å²) in [6.07, 6.45) is 2.59. The summed E-state index contributed by atoms with van der Waals surface area (Å²) < 4.78 is 0. The standard InChI is InChI=1S/C19H21N.ClH/c1-20-12-11-17-15-9-5-6-10-16(15)18(13-19(17)20)14-7-3-2-4-8-14;/h2-10,17-19H,11-13H2,1H3;1H/t17-,18+,19+;/m1./s1. The number of likely N-dealkylation sites (N-methyl/N-ethyl adjacent to an activating group) is 1.